The van der Waals surface area contributed by atoms with Gasteiger partial charge in [0.15, 0.2) is 0 Å². The molecule has 0 radical (unpaired) electrons. The Labute approximate surface area is 114 Å². The van der Waals surface area contributed by atoms with Crippen molar-refractivity contribution in [2.45, 2.75) is 52.1 Å². The molecule has 0 saturated heterocycles. The van der Waals surface area contributed by atoms with E-state index in [2.05, 4.69) is 37.7 Å². The Bertz CT molecular complexity index is 393. The molecule has 1 fully saturated rings. The van der Waals surface area contributed by atoms with Crippen LogP contribution in [0.5, 0.6) is 0 Å². The Hall–Kier alpha value is -0.450. The molecule has 1 unspecified atom stereocenters. The normalized spacial score (nSPS) is 18.3. The van der Waals surface area contributed by atoms with Crippen LogP contribution in [0.1, 0.15) is 49.4 Å². The van der Waals surface area contributed by atoms with E-state index in [-0.39, 0.29) is 18.1 Å². The molecule has 0 amide bonds. The Morgan fingerprint density at radius 1 is 1.50 bits per heavy atom. The number of thiazole rings is 1. The molecule has 0 aliphatic heterocycles. The second kappa shape index (κ2) is 5.27. The summed E-state index contributed by atoms with van der Waals surface area (Å²) in [6.45, 7) is 7.60. The van der Waals surface area contributed by atoms with Crippen LogP contribution in [0.15, 0.2) is 6.20 Å². The number of rotatable bonds is 5. The summed E-state index contributed by atoms with van der Waals surface area (Å²) in [5, 5.41) is 10.9. The van der Waals surface area contributed by atoms with E-state index in [1.54, 1.807) is 0 Å². The third-order valence-electron chi connectivity index (χ3n) is 3.61. The molecule has 1 aliphatic carbocycles. The number of hydrogen-bond acceptors (Lipinski definition) is 4. The van der Waals surface area contributed by atoms with Crippen LogP contribution in [0.4, 0.5) is 0 Å². The first-order chi connectivity index (χ1) is 8.41. The summed E-state index contributed by atoms with van der Waals surface area (Å²) < 4.78 is 0. The molecule has 0 spiro atoms. The van der Waals surface area contributed by atoms with Crippen molar-refractivity contribution in [3.63, 3.8) is 0 Å². The molecule has 1 N–H and O–H groups in total. The maximum absolute atomic E-state index is 9.56. The van der Waals surface area contributed by atoms with Gasteiger partial charge in [-0.2, -0.15) is 0 Å². The van der Waals surface area contributed by atoms with Crippen LogP contribution in [-0.4, -0.2) is 34.7 Å². The van der Waals surface area contributed by atoms with Crippen molar-refractivity contribution in [3.8, 4) is 0 Å². The van der Waals surface area contributed by atoms with E-state index in [9.17, 15) is 5.11 Å². The fraction of sp³-hybridized carbons (Fsp3) is 0.786. The second-order valence-corrected chi connectivity index (χ2v) is 7.57. The number of nitrogens with zero attached hydrogens (tertiary/aromatic N) is 2. The minimum absolute atomic E-state index is 0.0908. The van der Waals surface area contributed by atoms with Crippen LogP contribution in [-0.2, 0) is 6.54 Å². The zero-order valence-corrected chi connectivity index (χ0v) is 12.6. The molecule has 0 aromatic carbocycles. The summed E-state index contributed by atoms with van der Waals surface area (Å²) in [6.07, 6.45) is 4.63. The van der Waals surface area contributed by atoms with Gasteiger partial charge < -0.3 is 5.11 Å². The Morgan fingerprint density at radius 3 is 2.67 bits per heavy atom. The molecule has 1 saturated carbocycles. The van der Waals surface area contributed by atoms with E-state index in [0.29, 0.717) is 0 Å². The highest BCUT2D eigenvalue weighted by molar-refractivity contribution is 7.11. The highest BCUT2D eigenvalue weighted by atomic mass is 32.1. The molecule has 3 nitrogen and oxygen atoms in total. The van der Waals surface area contributed by atoms with Crippen molar-refractivity contribution in [1.29, 1.82) is 0 Å². The summed E-state index contributed by atoms with van der Waals surface area (Å²) in [4.78, 5) is 8.06. The first-order valence-corrected chi connectivity index (χ1v) is 7.49. The van der Waals surface area contributed by atoms with Gasteiger partial charge in [-0.15, -0.1) is 11.3 Å². The number of aromatic nitrogens is 1. The van der Waals surface area contributed by atoms with Gasteiger partial charge >= 0.3 is 0 Å². The van der Waals surface area contributed by atoms with Gasteiger partial charge in [-0.05, 0) is 25.3 Å². The lowest BCUT2D eigenvalue weighted by atomic mass is 9.86. The van der Waals surface area contributed by atoms with E-state index < -0.39 is 0 Å². The van der Waals surface area contributed by atoms with E-state index in [1.165, 1.54) is 22.7 Å². The minimum Gasteiger partial charge on any atom is -0.395 e. The molecule has 1 aliphatic rings. The second-order valence-electron chi connectivity index (χ2n) is 6.42. The van der Waals surface area contributed by atoms with Crippen molar-refractivity contribution in [3.05, 3.63) is 16.1 Å². The lowest BCUT2D eigenvalue weighted by Crippen LogP contribution is -2.43. The molecular formula is C14H24N2OS. The van der Waals surface area contributed by atoms with Crippen LogP contribution in [0, 0.1) is 5.41 Å². The SMILES string of the molecule is CN(Cc1cnc(C2CC2)s1)C(CO)C(C)(C)C. The number of hydrogen-bond donors (Lipinski definition) is 1. The van der Waals surface area contributed by atoms with Crippen molar-refractivity contribution in [1.82, 2.24) is 9.88 Å². The molecule has 0 bridgehead atoms. The van der Waals surface area contributed by atoms with Gasteiger partial charge in [-0.1, -0.05) is 20.8 Å². The largest absolute Gasteiger partial charge is 0.395 e. The zero-order chi connectivity index (χ0) is 13.3. The summed E-state index contributed by atoms with van der Waals surface area (Å²) in [6, 6.07) is 0.184. The van der Waals surface area contributed by atoms with Gasteiger partial charge in [0.25, 0.3) is 0 Å². The van der Waals surface area contributed by atoms with E-state index in [4.69, 9.17) is 0 Å². The summed E-state index contributed by atoms with van der Waals surface area (Å²) in [5.41, 5.74) is 0.0908. The molecule has 102 valence electrons. The monoisotopic (exact) mass is 268 g/mol. The molecule has 4 heteroatoms. The van der Waals surface area contributed by atoms with Crippen LogP contribution >= 0.6 is 11.3 Å². The van der Waals surface area contributed by atoms with Crippen molar-refractivity contribution < 1.29 is 5.11 Å². The van der Waals surface area contributed by atoms with Crippen LogP contribution in [0.2, 0.25) is 0 Å². The third-order valence-corrected chi connectivity index (χ3v) is 4.75. The highest BCUT2D eigenvalue weighted by Gasteiger charge is 2.29. The first kappa shape index (κ1) is 14.0. The average Bonchev–Trinajstić information content (AvgIpc) is 2.99. The van der Waals surface area contributed by atoms with Gasteiger partial charge in [-0.25, -0.2) is 4.98 Å². The fourth-order valence-electron chi connectivity index (χ4n) is 2.35. The van der Waals surface area contributed by atoms with Crippen LogP contribution in [0.25, 0.3) is 0 Å². The van der Waals surface area contributed by atoms with Crippen LogP contribution in [0.3, 0.4) is 0 Å². The predicted molar refractivity (Wildman–Crippen MR) is 75.9 cm³/mol. The molecule has 1 aromatic rings. The van der Waals surface area contributed by atoms with Crippen molar-refractivity contribution in [2.75, 3.05) is 13.7 Å². The third kappa shape index (κ3) is 3.31. The van der Waals surface area contributed by atoms with Gasteiger partial charge in [0.1, 0.15) is 0 Å². The summed E-state index contributed by atoms with van der Waals surface area (Å²) >= 11 is 1.84. The Kier molecular flexibility index (Phi) is 4.09. The van der Waals surface area contributed by atoms with Gasteiger partial charge in [0.2, 0.25) is 0 Å². The maximum atomic E-state index is 9.56. The lowest BCUT2D eigenvalue weighted by molar-refractivity contribution is 0.0620. The van der Waals surface area contributed by atoms with Crippen LogP contribution < -0.4 is 0 Å². The topological polar surface area (TPSA) is 36.4 Å². The molecule has 1 atom stereocenters. The molecular weight excluding hydrogens is 244 g/mol. The highest BCUT2D eigenvalue weighted by Crippen LogP contribution is 2.42. The predicted octanol–water partition coefficient (Wildman–Crippen LogP) is 2.86. The van der Waals surface area contributed by atoms with E-state index in [1.807, 2.05) is 17.5 Å². The Balaban J connectivity index is 1.98. The van der Waals surface area contributed by atoms with Gasteiger partial charge in [0.05, 0.1) is 11.6 Å². The quantitative estimate of drug-likeness (QED) is 0.892. The smallest absolute Gasteiger partial charge is 0.0959 e. The van der Waals surface area contributed by atoms with Gasteiger partial charge in [-0.3, -0.25) is 4.90 Å². The van der Waals surface area contributed by atoms with E-state index in [0.717, 1.165) is 12.5 Å². The maximum Gasteiger partial charge on any atom is 0.0959 e. The summed E-state index contributed by atoms with van der Waals surface area (Å²) in [5.74, 6) is 0.741. The number of likely N-dealkylation sites (N-methyl/N-ethyl adjacent to an activating group) is 1. The molecule has 18 heavy (non-hydrogen) atoms. The number of aliphatic hydroxyl groups is 1. The molecule has 1 aromatic heterocycles. The minimum atomic E-state index is 0.0908. The number of aliphatic hydroxyl groups excluding tert-OH is 1. The molecule has 1 heterocycles. The standard InChI is InChI=1S/C14H24N2OS/c1-14(2,3)12(9-17)16(4)8-11-7-15-13(18-11)10-5-6-10/h7,10,12,17H,5-6,8-9H2,1-4H3. The summed E-state index contributed by atoms with van der Waals surface area (Å²) in [7, 11) is 2.09. The first-order valence-electron chi connectivity index (χ1n) is 6.67. The van der Waals surface area contributed by atoms with E-state index >= 15 is 0 Å². The molecule has 2 rings (SSSR count). The Morgan fingerprint density at radius 2 is 2.17 bits per heavy atom. The zero-order valence-electron chi connectivity index (χ0n) is 11.8. The fourth-order valence-corrected chi connectivity index (χ4v) is 3.50. The van der Waals surface area contributed by atoms with Gasteiger partial charge in [0, 0.05) is 29.6 Å². The average molecular weight is 268 g/mol. The van der Waals surface area contributed by atoms with Crippen molar-refractivity contribution in [2.24, 2.45) is 5.41 Å². The lowest BCUT2D eigenvalue weighted by Gasteiger charge is -2.36. The van der Waals surface area contributed by atoms with Crippen molar-refractivity contribution >= 4 is 11.3 Å².